The summed E-state index contributed by atoms with van der Waals surface area (Å²) in [5, 5.41) is 0. The van der Waals surface area contributed by atoms with Crippen molar-refractivity contribution in [3.63, 3.8) is 0 Å². The topological polar surface area (TPSA) is 44.8 Å². The number of hydrogen-bond donors (Lipinski definition) is 0. The molecule has 0 radical (unpaired) electrons. The predicted molar refractivity (Wildman–Crippen MR) is 118 cm³/mol. The molecule has 1 heterocycles. The molecule has 9 atom stereocenters. The number of carbonyl (C=O) groups is 1. The lowest BCUT2D eigenvalue weighted by Gasteiger charge is -2.66. The molecule has 1 spiro atoms. The van der Waals surface area contributed by atoms with Crippen LogP contribution in [0.2, 0.25) is 0 Å². The second-order valence-electron chi connectivity index (χ2n) is 13.9. The van der Waals surface area contributed by atoms with Gasteiger partial charge in [0.05, 0.1) is 17.1 Å². The molecular weight excluding hydrogens is 400 g/mol. The highest BCUT2D eigenvalue weighted by molar-refractivity contribution is 5.74. The van der Waals surface area contributed by atoms with E-state index in [0.717, 1.165) is 61.7 Å². The van der Waals surface area contributed by atoms with Gasteiger partial charge in [-0.1, -0.05) is 12.2 Å². The molecule has 8 fully saturated rings. The van der Waals surface area contributed by atoms with Gasteiger partial charge in [-0.3, -0.25) is 4.79 Å². The van der Waals surface area contributed by atoms with E-state index in [-0.39, 0.29) is 28.7 Å². The van der Waals surface area contributed by atoms with E-state index in [4.69, 9.17) is 14.2 Å². The maximum atomic E-state index is 13.7. The Morgan fingerprint density at radius 2 is 1.66 bits per heavy atom. The van der Waals surface area contributed by atoms with Crippen LogP contribution >= 0.6 is 0 Å². The highest BCUT2D eigenvalue weighted by atomic mass is 16.7. The highest BCUT2D eigenvalue weighted by Crippen LogP contribution is 2.68. The lowest BCUT2D eigenvalue weighted by molar-refractivity contribution is -0.330. The van der Waals surface area contributed by atoms with Crippen LogP contribution in [-0.2, 0) is 19.0 Å². The Balaban J connectivity index is 1.03. The van der Waals surface area contributed by atoms with E-state index in [2.05, 4.69) is 26.0 Å². The fourth-order valence-electron chi connectivity index (χ4n) is 11.3. The zero-order valence-electron chi connectivity index (χ0n) is 19.6. The summed E-state index contributed by atoms with van der Waals surface area (Å²) in [6.45, 7) is 4.85. The molecule has 0 aromatic carbocycles. The van der Waals surface area contributed by atoms with Crippen molar-refractivity contribution in [3.8, 4) is 0 Å². The number of carbonyl (C=O) groups excluding carboxylic acids is 1. The molecule has 1 saturated heterocycles. The Kier molecular flexibility index (Phi) is 3.66. The van der Waals surface area contributed by atoms with Crippen LogP contribution in [0.3, 0.4) is 0 Å². The molecule has 8 bridgehead atoms. The van der Waals surface area contributed by atoms with Crippen LogP contribution in [0.15, 0.2) is 12.2 Å². The summed E-state index contributed by atoms with van der Waals surface area (Å²) in [4.78, 5) is 13.7. The fourth-order valence-corrected chi connectivity index (χ4v) is 11.3. The first-order valence-corrected chi connectivity index (χ1v) is 13.5. The van der Waals surface area contributed by atoms with Crippen LogP contribution in [-0.4, -0.2) is 29.6 Å². The monoisotopic (exact) mass is 438 g/mol. The van der Waals surface area contributed by atoms with Gasteiger partial charge in [-0.15, -0.1) is 0 Å². The largest absolute Gasteiger partial charge is 0.459 e. The third-order valence-electron chi connectivity index (χ3n) is 11.9. The minimum atomic E-state index is -0.208. The van der Waals surface area contributed by atoms with Crippen molar-refractivity contribution >= 4 is 5.97 Å². The summed E-state index contributed by atoms with van der Waals surface area (Å²) in [6, 6.07) is 0. The molecule has 174 valence electrons. The summed E-state index contributed by atoms with van der Waals surface area (Å²) < 4.78 is 19.1. The Morgan fingerprint density at radius 1 is 0.906 bits per heavy atom. The average Bonchev–Trinajstić information content (AvgIpc) is 3.50. The van der Waals surface area contributed by atoms with Gasteiger partial charge in [0.15, 0.2) is 0 Å². The van der Waals surface area contributed by atoms with E-state index < -0.39 is 0 Å². The maximum absolute atomic E-state index is 13.7. The Labute approximate surface area is 191 Å². The average molecular weight is 439 g/mol. The third-order valence-corrected chi connectivity index (χ3v) is 11.9. The van der Waals surface area contributed by atoms with Gasteiger partial charge < -0.3 is 14.2 Å². The zero-order valence-corrected chi connectivity index (χ0v) is 19.6. The second-order valence-corrected chi connectivity index (χ2v) is 13.9. The van der Waals surface area contributed by atoms with Gasteiger partial charge in [-0.05, 0) is 118 Å². The van der Waals surface area contributed by atoms with E-state index in [1.165, 1.54) is 25.7 Å². The van der Waals surface area contributed by atoms with Crippen molar-refractivity contribution in [3.05, 3.63) is 12.2 Å². The van der Waals surface area contributed by atoms with Crippen molar-refractivity contribution in [2.45, 2.75) is 88.4 Å². The van der Waals surface area contributed by atoms with Crippen molar-refractivity contribution < 1.29 is 19.0 Å². The van der Waals surface area contributed by atoms with Gasteiger partial charge in [0.1, 0.15) is 12.4 Å². The van der Waals surface area contributed by atoms with Gasteiger partial charge >= 0.3 is 5.97 Å². The van der Waals surface area contributed by atoms with E-state index in [9.17, 15) is 4.79 Å². The van der Waals surface area contributed by atoms with Crippen molar-refractivity contribution in [1.29, 1.82) is 0 Å². The highest BCUT2D eigenvalue weighted by Gasteiger charge is 2.67. The van der Waals surface area contributed by atoms with E-state index in [0.29, 0.717) is 30.5 Å². The van der Waals surface area contributed by atoms with Gasteiger partial charge in [-0.2, -0.15) is 0 Å². The summed E-state index contributed by atoms with van der Waals surface area (Å²) in [6.07, 6.45) is 15.3. The van der Waals surface area contributed by atoms with Crippen LogP contribution < -0.4 is 0 Å². The Morgan fingerprint density at radius 3 is 2.41 bits per heavy atom. The minimum Gasteiger partial charge on any atom is -0.459 e. The zero-order chi connectivity index (χ0) is 21.5. The first-order valence-electron chi connectivity index (χ1n) is 13.5. The molecule has 4 nitrogen and oxygen atoms in total. The molecule has 1 aliphatic heterocycles. The lowest BCUT2D eigenvalue weighted by atomic mass is 9.46. The number of esters is 1. The van der Waals surface area contributed by atoms with Crippen LogP contribution in [0.25, 0.3) is 0 Å². The van der Waals surface area contributed by atoms with Gasteiger partial charge in [0.25, 0.3) is 0 Å². The van der Waals surface area contributed by atoms with Gasteiger partial charge in [0.2, 0.25) is 0 Å². The molecule has 9 unspecified atom stereocenters. The minimum absolute atomic E-state index is 0.0519. The molecule has 0 aromatic heterocycles. The van der Waals surface area contributed by atoms with Crippen LogP contribution in [0.5, 0.6) is 0 Å². The first-order chi connectivity index (χ1) is 15.3. The number of ether oxygens (including phenoxy) is 3. The van der Waals surface area contributed by atoms with E-state index >= 15 is 0 Å². The van der Waals surface area contributed by atoms with Crippen LogP contribution in [0.1, 0.15) is 71.6 Å². The van der Waals surface area contributed by atoms with Crippen LogP contribution in [0, 0.1) is 59.2 Å². The molecule has 8 aliphatic carbocycles. The number of rotatable bonds is 2. The fraction of sp³-hybridized carbons (Fsp3) is 0.893. The van der Waals surface area contributed by atoms with E-state index in [1.807, 2.05) is 0 Å². The molecule has 9 aliphatic rings. The quantitative estimate of drug-likeness (QED) is 0.341. The normalized spacial score (nSPS) is 59.8. The smallest absolute Gasteiger partial charge is 0.309 e. The van der Waals surface area contributed by atoms with Crippen molar-refractivity contribution in [2.75, 3.05) is 6.79 Å². The second kappa shape index (κ2) is 6.03. The summed E-state index contributed by atoms with van der Waals surface area (Å²) in [5.74, 6) is 6.70. The first kappa shape index (κ1) is 19.4. The molecule has 32 heavy (non-hydrogen) atoms. The third kappa shape index (κ3) is 2.39. The standard InChI is InChI=1S/C28H38O4/c1-26(2)13-28(31-14-30-26)19-5-15-6-20(28)12-27(10-15,11-19)32-25(29)22-9-18-8-21(22)24-17-4-3-16(7-17)23(18)24/h3-4,15-24H,5-14H2,1-2H3. The molecule has 0 aromatic rings. The van der Waals surface area contributed by atoms with E-state index in [1.54, 1.807) is 0 Å². The van der Waals surface area contributed by atoms with Crippen molar-refractivity contribution in [1.82, 2.24) is 0 Å². The number of allylic oxidation sites excluding steroid dienone is 2. The summed E-state index contributed by atoms with van der Waals surface area (Å²) in [5.41, 5.74) is -0.379. The van der Waals surface area contributed by atoms with Gasteiger partial charge in [-0.25, -0.2) is 0 Å². The Hall–Kier alpha value is -0.870. The molecule has 0 amide bonds. The summed E-state index contributed by atoms with van der Waals surface area (Å²) in [7, 11) is 0. The Bertz CT molecular complexity index is 874. The SMILES string of the molecule is CC1(C)CC2(OCO1)C1CC3CC2CC(OC(=O)C2CC4CC2C2C5C=CC(C5)C42)(C3)C1. The maximum Gasteiger partial charge on any atom is 0.309 e. The molecule has 7 saturated carbocycles. The summed E-state index contributed by atoms with van der Waals surface area (Å²) >= 11 is 0. The molecule has 0 N–H and O–H groups in total. The molecular formula is C28H38O4. The lowest BCUT2D eigenvalue weighted by Crippen LogP contribution is -2.68. The van der Waals surface area contributed by atoms with Gasteiger partial charge in [0, 0.05) is 6.42 Å². The molecule has 9 rings (SSSR count). The van der Waals surface area contributed by atoms with Crippen molar-refractivity contribution in [2.24, 2.45) is 59.2 Å². The number of hydrogen-bond acceptors (Lipinski definition) is 4. The number of fused-ring (bicyclic) bond motifs is 9. The van der Waals surface area contributed by atoms with Crippen LogP contribution in [0.4, 0.5) is 0 Å². The predicted octanol–water partition coefficient (Wildman–Crippen LogP) is 5.11. The molecule has 4 heteroatoms.